The van der Waals surface area contributed by atoms with Gasteiger partial charge in [-0.2, -0.15) is 31.4 Å². The molecule has 37 heavy (non-hydrogen) atoms. The third-order valence-electron chi connectivity index (χ3n) is 5.22. The zero-order valence-corrected chi connectivity index (χ0v) is 20.0. The van der Waals surface area contributed by atoms with Crippen LogP contribution in [0, 0.1) is 6.92 Å². The van der Waals surface area contributed by atoms with Crippen molar-refractivity contribution in [1.82, 2.24) is 14.8 Å². The van der Waals surface area contributed by atoms with Gasteiger partial charge in [-0.25, -0.2) is 4.98 Å². The molecule has 4 aromatic rings. The Bertz CT molecular complexity index is 1530. The Morgan fingerprint density at radius 3 is 2.30 bits per heavy atom. The molecule has 1 aromatic carbocycles. The predicted molar refractivity (Wildman–Crippen MR) is 124 cm³/mol. The van der Waals surface area contributed by atoms with Crippen molar-refractivity contribution in [3.63, 3.8) is 0 Å². The molecule has 0 atom stereocenters. The first-order valence-electron chi connectivity index (χ1n) is 10.2. The molecule has 0 aliphatic heterocycles. The van der Waals surface area contributed by atoms with Gasteiger partial charge in [-0.15, -0.1) is 11.3 Å². The number of nitrogens with one attached hydrogen (secondary N) is 1. The maximum atomic E-state index is 13.6. The van der Waals surface area contributed by atoms with Crippen LogP contribution in [-0.2, 0) is 23.7 Å². The van der Waals surface area contributed by atoms with Gasteiger partial charge < -0.3 is 11.1 Å². The summed E-state index contributed by atoms with van der Waals surface area (Å²) in [5, 5.41) is 5.06. The number of hydrogen-bond donors (Lipinski definition) is 2. The first-order chi connectivity index (χ1) is 17.2. The van der Waals surface area contributed by atoms with Crippen molar-refractivity contribution in [2.45, 2.75) is 25.8 Å². The molecule has 0 spiro atoms. The van der Waals surface area contributed by atoms with E-state index in [0.717, 1.165) is 10.7 Å². The van der Waals surface area contributed by atoms with Crippen LogP contribution in [0.1, 0.15) is 26.8 Å². The van der Waals surface area contributed by atoms with Gasteiger partial charge in [0.2, 0.25) is 5.91 Å². The fraction of sp³-hybridized carbons (Fsp3) is 0.182. The minimum atomic E-state index is -4.86. The molecule has 0 aliphatic rings. The summed E-state index contributed by atoms with van der Waals surface area (Å²) in [6, 6.07) is 8.63. The molecule has 3 heterocycles. The van der Waals surface area contributed by atoms with E-state index in [1.54, 1.807) is 18.2 Å². The highest BCUT2D eigenvalue weighted by Gasteiger charge is 2.38. The summed E-state index contributed by atoms with van der Waals surface area (Å²) in [4.78, 5) is 28.1. The van der Waals surface area contributed by atoms with E-state index in [-0.39, 0.29) is 32.0 Å². The van der Waals surface area contributed by atoms with Gasteiger partial charge in [0.15, 0.2) is 5.69 Å². The summed E-state index contributed by atoms with van der Waals surface area (Å²) >= 11 is 6.25. The van der Waals surface area contributed by atoms with Crippen molar-refractivity contribution in [3.8, 4) is 11.1 Å². The second-order valence-electron chi connectivity index (χ2n) is 7.72. The fourth-order valence-electron chi connectivity index (χ4n) is 3.56. The van der Waals surface area contributed by atoms with Crippen LogP contribution >= 0.6 is 22.9 Å². The Hall–Kier alpha value is -3.65. The molecule has 194 valence electrons. The van der Waals surface area contributed by atoms with E-state index >= 15 is 0 Å². The minimum absolute atomic E-state index is 0.00893. The van der Waals surface area contributed by atoms with Gasteiger partial charge >= 0.3 is 12.4 Å². The first kappa shape index (κ1) is 26.4. The number of carbonyl (C=O) groups is 2. The van der Waals surface area contributed by atoms with Gasteiger partial charge in [-0.1, -0.05) is 41.9 Å². The van der Waals surface area contributed by atoms with E-state index < -0.39 is 47.1 Å². The maximum absolute atomic E-state index is 13.6. The number of fused-ring (bicyclic) bond motifs is 1. The number of nitrogens with two attached hydrogens (primary N) is 1. The van der Waals surface area contributed by atoms with E-state index in [1.165, 1.54) is 19.1 Å². The lowest BCUT2D eigenvalue weighted by atomic mass is 10.0. The van der Waals surface area contributed by atoms with Crippen LogP contribution in [0.2, 0.25) is 5.02 Å². The van der Waals surface area contributed by atoms with Crippen molar-refractivity contribution < 1.29 is 35.9 Å². The quantitative estimate of drug-likeness (QED) is 0.296. The van der Waals surface area contributed by atoms with Crippen molar-refractivity contribution in [1.29, 1.82) is 0 Å². The number of nitrogens with zero attached hydrogens (tertiary/aromatic N) is 3. The summed E-state index contributed by atoms with van der Waals surface area (Å²) in [5.41, 5.74) is 2.79. The Balaban J connectivity index is 1.84. The molecule has 4 rings (SSSR count). The first-order valence-corrected chi connectivity index (χ1v) is 11.4. The molecule has 3 aromatic heterocycles. The monoisotopic (exact) mass is 561 g/mol. The molecule has 3 N–H and O–H groups in total. The molecule has 15 heteroatoms. The normalized spacial score (nSPS) is 12.2. The van der Waals surface area contributed by atoms with Gasteiger partial charge in [0.25, 0.3) is 5.91 Å². The lowest BCUT2D eigenvalue weighted by molar-refractivity contribution is -0.142. The number of primary amides is 1. The molecule has 0 fully saturated rings. The summed E-state index contributed by atoms with van der Waals surface area (Å²) in [7, 11) is 0. The maximum Gasteiger partial charge on any atom is 0.436 e. The zero-order valence-electron chi connectivity index (χ0n) is 18.5. The molecule has 0 bridgehead atoms. The number of rotatable bonds is 5. The summed E-state index contributed by atoms with van der Waals surface area (Å²) in [6.45, 7) is 0.481. The lowest BCUT2D eigenvalue weighted by Gasteiger charge is -2.12. The van der Waals surface area contributed by atoms with Gasteiger partial charge in [-0.05, 0) is 24.1 Å². The number of pyridine rings is 1. The molecular weight excluding hydrogens is 548 g/mol. The van der Waals surface area contributed by atoms with Crippen molar-refractivity contribution >= 4 is 50.7 Å². The van der Waals surface area contributed by atoms with Crippen LogP contribution in [0.4, 0.5) is 32.0 Å². The topological polar surface area (TPSA) is 103 Å². The number of amides is 2. The summed E-state index contributed by atoms with van der Waals surface area (Å²) < 4.78 is 80.8. The smallest absolute Gasteiger partial charge is 0.365 e. The van der Waals surface area contributed by atoms with E-state index in [2.05, 4.69) is 15.4 Å². The Kier molecular flexibility index (Phi) is 6.67. The van der Waals surface area contributed by atoms with Gasteiger partial charge in [0.05, 0.1) is 16.4 Å². The van der Waals surface area contributed by atoms with Crippen LogP contribution < -0.4 is 11.1 Å². The van der Waals surface area contributed by atoms with E-state index in [9.17, 15) is 35.9 Å². The van der Waals surface area contributed by atoms with E-state index in [1.807, 2.05) is 0 Å². The Morgan fingerprint density at radius 1 is 1.11 bits per heavy atom. The average molecular weight is 562 g/mol. The van der Waals surface area contributed by atoms with Crippen molar-refractivity contribution in [2.24, 2.45) is 5.73 Å². The molecule has 0 aliphatic carbocycles. The second-order valence-corrected chi connectivity index (χ2v) is 9.10. The van der Waals surface area contributed by atoms with Crippen LogP contribution in [-0.4, -0.2) is 26.6 Å². The van der Waals surface area contributed by atoms with Gasteiger partial charge in [-0.3, -0.25) is 14.3 Å². The lowest BCUT2D eigenvalue weighted by Crippen LogP contribution is -2.22. The molecule has 0 unspecified atom stereocenters. The third-order valence-corrected chi connectivity index (χ3v) is 6.77. The third kappa shape index (κ3) is 5.11. The number of benzene rings is 1. The highest BCUT2D eigenvalue weighted by Crippen LogP contribution is 2.43. The number of alkyl halides is 6. The number of carbonyl (C=O) groups excluding carboxylic acids is 2. The molecule has 7 nitrogen and oxygen atoms in total. The molecule has 0 radical (unpaired) electrons. The highest BCUT2D eigenvalue weighted by atomic mass is 35.5. The summed E-state index contributed by atoms with van der Waals surface area (Å²) in [5.74, 6) is -1.99. The molecule has 0 saturated heterocycles. The van der Waals surface area contributed by atoms with Crippen LogP contribution in [0.5, 0.6) is 0 Å². The SMILES string of the molecule is Cc1c(Cl)c(C(F)(F)F)nn1CC(=O)Nc1c(C(N)=O)sc2nc(C(F)(F)F)cc(-c3ccccc3)c12. The second kappa shape index (κ2) is 9.34. The van der Waals surface area contributed by atoms with Gasteiger partial charge in [0, 0.05) is 5.39 Å². The van der Waals surface area contributed by atoms with Crippen LogP contribution in [0.3, 0.4) is 0 Å². The molecule has 2 amide bonds. The number of hydrogen-bond acceptors (Lipinski definition) is 5. The van der Waals surface area contributed by atoms with E-state index in [0.29, 0.717) is 16.9 Å². The minimum Gasteiger partial charge on any atom is -0.365 e. The predicted octanol–water partition coefficient (Wildman–Crippen LogP) is 5.90. The molecule has 0 saturated carbocycles. The van der Waals surface area contributed by atoms with Gasteiger partial charge in [0.1, 0.15) is 21.9 Å². The highest BCUT2D eigenvalue weighted by molar-refractivity contribution is 7.21. The van der Waals surface area contributed by atoms with Crippen molar-refractivity contribution in [2.75, 3.05) is 5.32 Å². The Morgan fingerprint density at radius 2 is 1.76 bits per heavy atom. The number of anilines is 1. The fourth-order valence-corrected chi connectivity index (χ4v) is 4.81. The largest absolute Gasteiger partial charge is 0.436 e. The van der Waals surface area contributed by atoms with Crippen LogP contribution in [0.15, 0.2) is 36.4 Å². The molecular formula is C22H14ClF6N5O2S. The number of thiophene rings is 1. The van der Waals surface area contributed by atoms with Crippen LogP contribution in [0.25, 0.3) is 21.3 Å². The zero-order chi connectivity index (χ0) is 27.3. The number of halogens is 7. The average Bonchev–Trinajstić information content (AvgIpc) is 3.31. The standard InChI is InChI=1S/C22H14ClF6N5O2S/c1-9-15(23)18(22(27,28)29)33-34(9)8-13(35)32-16-14-11(10-5-3-2-4-6-10)7-12(21(24,25)26)31-20(14)37-17(16)19(30)36/h2-7H,8H2,1H3,(H2,30,36)(H,32,35). The van der Waals surface area contributed by atoms with E-state index in [4.69, 9.17) is 17.3 Å². The summed E-state index contributed by atoms with van der Waals surface area (Å²) in [6.07, 6.45) is -9.68. The van der Waals surface area contributed by atoms with Crippen molar-refractivity contribution in [3.05, 3.63) is 63.4 Å². The number of aromatic nitrogens is 3. The Labute approximate surface area is 212 Å².